The number of rotatable bonds is 2. The molecule has 5 nitrogen and oxygen atoms in total. The third-order valence-corrected chi connectivity index (χ3v) is 2.84. The molecule has 106 valence electrons. The second kappa shape index (κ2) is 4.86. The first-order valence-corrected chi connectivity index (χ1v) is 6.71. The largest absolute Gasteiger partial charge is 0.456 e. The Bertz CT molecular complexity index is 620. The Hall–Kier alpha value is -1.54. The van der Waals surface area contributed by atoms with Crippen molar-refractivity contribution in [2.24, 2.45) is 5.14 Å². The Kier molecular flexibility index (Phi) is 3.97. The van der Waals surface area contributed by atoms with Gasteiger partial charge in [-0.2, -0.15) is 0 Å². The lowest BCUT2D eigenvalue weighted by atomic mass is 10.1. The number of sulfonamides is 1. The smallest absolute Gasteiger partial charge is 0.341 e. The molecule has 1 aromatic carbocycles. The summed E-state index contributed by atoms with van der Waals surface area (Å²) in [5.41, 5.74) is -1.75. The summed E-state index contributed by atoms with van der Waals surface area (Å²) in [7, 11) is -4.26. The molecule has 1 rings (SSSR count). The summed E-state index contributed by atoms with van der Waals surface area (Å²) in [5.74, 6) is -4.15. The second-order valence-corrected chi connectivity index (χ2v) is 6.37. The van der Waals surface area contributed by atoms with E-state index in [1.54, 1.807) is 0 Å². The standard InChI is InChI=1S/C11H13F2NO4S/c1-11(2,3)18-10(15)7-4-6(19(14,16)17)5-8(12)9(7)13/h4-5H,1-3H3,(H2,14,16,17). The molecule has 0 atom stereocenters. The fraction of sp³-hybridized carbons (Fsp3) is 0.364. The van der Waals surface area contributed by atoms with Crippen LogP contribution in [0.3, 0.4) is 0 Å². The summed E-state index contributed by atoms with van der Waals surface area (Å²) in [6.45, 7) is 4.59. The van der Waals surface area contributed by atoms with Crippen molar-refractivity contribution >= 4 is 16.0 Å². The van der Waals surface area contributed by atoms with Gasteiger partial charge in [0.25, 0.3) is 0 Å². The first-order chi connectivity index (χ1) is 8.42. The van der Waals surface area contributed by atoms with Gasteiger partial charge in [-0.15, -0.1) is 0 Å². The number of carbonyl (C=O) groups is 1. The van der Waals surface area contributed by atoms with Gasteiger partial charge in [0, 0.05) is 0 Å². The number of nitrogens with two attached hydrogens (primary N) is 1. The van der Waals surface area contributed by atoms with Crippen LogP contribution >= 0.6 is 0 Å². The van der Waals surface area contributed by atoms with Gasteiger partial charge in [-0.3, -0.25) is 0 Å². The molecule has 0 radical (unpaired) electrons. The summed E-state index contributed by atoms with van der Waals surface area (Å²) >= 11 is 0. The molecule has 0 aliphatic rings. The Balaban J connectivity index is 3.36. The average molecular weight is 293 g/mol. The van der Waals surface area contributed by atoms with E-state index in [2.05, 4.69) is 0 Å². The SMILES string of the molecule is CC(C)(C)OC(=O)c1cc(S(N)(=O)=O)cc(F)c1F. The highest BCUT2D eigenvalue weighted by atomic mass is 32.2. The third-order valence-electron chi connectivity index (χ3n) is 1.95. The number of carbonyl (C=O) groups excluding carboxylic acids is 1. The minimum absolute atomic E-state index is 0.401. The van der Waals surface area contributed by atoms with Crippen molar-refractivity contribution in [3.05, 3.63) is 29.3 Å². The number of halogens is 2. The fourth-order valence-corrected chi connectivity index (χ4v) is 1.76. The van der Waals surface area contributed by atoms with Crippen LogP contribution in [0.1, 0.15) is 31.1 Å². The highest BCUT2D eigenvalue weighted by Gasteiger charge is 2.25. The molecule has 19 heavy (non-hydrogen) atoms. The molecule has 0 saturated carbocycles. The van der Waals surface area contributed by atoms with Crippen molar-refractivity contribution in [3.63, 3.8) is 0 Å². The van der Waals surface area contributed by atoms with Crippen LogP contribution in [-0.4, -0.2) is 20.0 Å². The fourth-order valence-electron chi connectivity index (χ4n) is 1.21. The van der Waals surface area contributed by atoms with Crippen molar-refractivity contribution in [1.82, 2.24) is 0 Å². The van der Waals surface area contributed by atoms with Crippen LogP contribution in [0.5, 0.6) is 0 Å². The van der Waals surface area contributed by atoms with E-state index < -0.39 is 43.7 Å². The monoisotopic (exact) mass is 293 g/mol. The number of hydrogen-bond donors (Lipinski definition) is 1. The van der Waals surface area contributed by atoms with Crippen LogP contribution in [-0.2, 0) is 14.8 Å². The molecule has 1 aromatic rings. The maximum absolute atomic E-state index is 13.5. The van der Waals surface area contributed by atoms with E-state index in [4.69, 9.17) is 9.88 Å². The van der Waals surface area contributed by atoms with Crippen molar-refractivity contribution < 1.29 is 26.7 Å². The minimum atomic E-state index is -4.26. The maximum Gasteiger partial charge on any atom is 0.341 e. The van der Waals surface area contributed by atoms with Crippen molar-refractivity contribution in [1.29, 1.82) is 0 Å². The van der Waals surface area contributed by atoms with Crippen LogP contribution in [0.25, 0.3) is 0 Å². The van der Waals surface area contributed by atoms with Gasteiger partial charge < -0.3 is 4.74 Å². The first kappa shape index (κ1) is 15.5. The Morgan fingerprint density at radius 2 is 1.79 bits per heavy atom. The van der Waals surface area contributed by atoms with E-state index in [1.165, 1.54) is 20.8 Å². The molecule has 0 amide bonds. The van der Waals surface area contributed by atoms with Crippen molar-refractivity contribution in [2.45, 2.75) is 31.3 Å². The topological polar surface area (TPSA) is 86.5 Å². The predicted molar refractivity (Wildman–Crippen MR) is 62.9 cm³/mol. The quantitative estimate of drug-likeness (QED) is 0.838. The van der Waals surface area contributed by atoms with Crippen molar-refractivity contribution in [3.8, 4) is 0 Å². The first-order valence-electron chi connectivity index (χ1n) is 5.17. The zero-order valence-electron chi connectivity index (χ0n) is 10.5. The molecule has 8 heteroatoms. The zero-order valence-corrected chi connectivity index (χ0v) is 11.3. The van der Waals surface area contributed by atoms with Gasteiger partial charge in [0.2, 0.25) is 10.0 Å². The lowest BCUT2D eigenvalue weighted by molar-refractivity contribution is 0.00633. The van der Waals surface area contributed by atoms with Crippen LogP contribution in [0.2, 0.25) is 0 Å². The van der Waals surface area contributed by atoms with Gasteiger partial charge in [-0.25, -0.2) is 27.1 Å². The highest BCUT2D eigenvalue weighted by molar-refractivity contribution is 7.89. The summed E-state index contributed by atoms with van der Waals surface area (Å²) in [6.07, 6.45) is 0. The molecule has 0 bridgehead atoms. The molecular formula is C11H13F2NO4S. The highest BCUT2D eigenvalue weighted by Crippen LogP contribution is 2.20. The van der Waals surface area contributed by atoms with Gasteiger partial charge in [-0.05, 0) is 32.9 Å². The lowest BCUT2D eigenvalue weighted by Gasteiger charge is -2.19. The van der Waals surface area contributed by atoms with E-state index >= 15 is 0 Å². The summed E-state index contributed by atoms with van der Waals surface area (Å²) in [4.78, 5) is 10.9. The van der Waals surface area contributed by atoms with E-state index in [0.29, 0.717) is 12.1 Å². The maximum atomic E-state index is 13.5. The molecule has 0 saturated heterocycles. The van der Waals surface area contributed by atoms with Crippen LogP contribution < -0.4 is 5.14 Å². The van der Waals surface area contributed by atoms with Gasteiger partial charge >= 0.3 is 5.97 Å². The zero-order chi connectivity index (χ0) is 15.0. The second-order valence-electron chi connectivity index (χ2n) is 4.81. The Morgan fingerprint density at radius 3 is 2.21 bits per heavy atom. The van der Waals surface area contributed by atoms with E-state index in [1.807, 2.05) is 0 Å². The van der Waals surface area contributed by atoms with Crippen molar-refractivity contribution in [2.75, 3.05) is 0 Å². The molecule has 0 heterocycles. The average Bonchev–Trinajstić information content (AvgIpc) is 2.17. The molecule has 2 N–H and O–H groups in total. The van der Waals surface area contributed by atoms with Crippen LogP contribution in [0.15, 0.2) is 17.0 Å². The van der Waals surface area contributed by atoms with Crippen LogP contribution in [0.4, 0.5) is 8.78 Å². The molecule has 0 unspecified atom stereocenters. The lowest BCUT2D eigenvalue weighted by Crippen LogP contribution is -2.25. The molecule has 0 aliphatic heterocycles. The summed E-state index contributed by atoms with van der Waals surface area (Å²) in [6, 6.07) is 1.04. The summed E-state index contributed by atoms with van der Waals surface area (Å²) < 4.78 is 53.8. The number of esters is 1. The molecular weight excluding hydrogens is 280 g/mol. The van der Waals surface area contributed by atoms with Gasteiger partial charge in [0.15, 0.2) is 11.6 Å². The third kappa shape index (κ3) is 3.97. The van der Waals surface area contributed by atoms with Crippen LogP contribution in [0, 0.1) is 11.6 Å². The summed E-state index contributed by atoms with van der Waals surface area (Å²) in [5, 5.41) is 4.80. The van der Waals surface area contributed by atoms with E-state index in [-0.39, 0.29) is 0 Å². The Labute approximate surface area is 109 Å². The predicted octanol–water partition coefficient (Wildman–Crippen LogP) is 1.57. The number of hydrogen-bond acceptors (Lipinski definition) is 4. The number of ether oxygens (including phenoxy) is 1. The molecule has 0 aliphatic carbocycles. The molecule has 0 fully saturated rings. The Morgan fingerprint density at radius 1 is 1.26 bits per heavy atom. The minimum Gasteiger partial charge on any atom is -0.456 e. The normalized spacial score (nSPS) is 12.3. The van der Waals surface area contributed by atoms with Gasteiger partial charge in [0.05, 0.1) is 10.5 Å². The van der Waals surface area contributed by atoms with E-state index in [0.717, 1.165) is 0 Å². The number of benzene rings is 1. The molecule has 0 aromatic heterocycles. The van der Waals surface area contributed by atoms with Gasteiger partial charge in [-0.1, -0.05) is 0 Å². The van der Waals surface area contributed by atoms with Gasteiger partial charge in [0.1, 0.15) is 5.60 Å². The number of primary sulfonamides is 1. The molecule has 0 spiro atoms. The van der Waals surface area contributed by atoms with E-state index in [9.17, 15) is 22.0 Å².